The highest BCUT2D eigenvalue weighted by Crippen LogP contribution is 2.46. The van der Waals surface area contributed by atoms with Gasteiger partial charge in [0.15, 0.2) is 0 Å². The molecular weight excluding hydrogens is 633 g/mol. The molecule has 0 amide bonds. The molecule has 0 spiro atoms. The van der Waals surface area contributed by atoms with Crippen LogP contribution in [-0.4, -0.2) is 19.9 Å². The fourth-order valence-corrected chi connectivity index (χ4v) is 9.59. The number of benzene rings is 8. The first-order chi connectivity index (χ1) is 25.8. The van der Waals surface area contributed by atoms with E-state index in [-0.39, 0.29) is 0 Å². The number of fused-ring (bicyclic) bond motifs is 4. The lowest BCUT2D eigenvalue weighted by Gasteiger charge is -2.07. The van der Waals surface area contributed by atoms with Gasteiger partial charge in [0.05, 0.1) is 44.1 Å². The summed E-state index contributed by atoms with van der Waals surface area (Å²) >= 11 is 0. The van der Waals surface area contributed by atoms with Crippen molar-refractivity contribution in [1.82, 2.24) is 19.9 Å². The van der Waals surface area contributed by atoms with E-state index in [0.29, 0.717) is 0 Å². The van der Waals surface area contributed by atoms with Gasteiger partial charge in [0, 0.05) is 87.6 Å². The Morgan fingerprint density at radius 1 is 0.173 bits per heavy atom. The Morgan fingerprint density at radius 3 is 0.442 bits per heavy atom. The molecule has 0 atom stereocenters. The van der Waals surface area contributed by atoms with Gasteiger partial charge in [-0.15, -0.1) is 0 Å². The van der Waals surface area contributed by atoms with Crippen LogP contribution < -0.4 is 0 Å². The zero-order valence-corrected chi connectivity index (χ0v) is 27.9. The predicted molar refractivity (Wildman–Crippen MR) is 219 cm³/mol. The monoisotopic (exact) mass is 660 g/mol. The Kier molecular flexibility index (Phi) is 4.83. The summed E-state index contributed by atoms with van der Waals surface area (Å²) in [6.07, 6.45) is 0. The van der Waals surface area contributed by atoms with E-state index in [1.54, 1.807) is 0 Å². The molecule has 12 aromatic rings. The van der Waals surface area contributed by atoms with Crippen LogP contribution in [0.25, 0.3) is 132 Å². The Hall–Kier alpha value is -7.04. The highest BCUT2D eigenvalue weighted by atomic mass is 14.8. The van der Waals surface area contributed by atoms with Crippen LogP contribution in [0.15, 0.2) is 146 Å². The van der Waals surface area contributed by atoms with Gasteiger partial charge in [-0.25, -0.2) is 0 Å². The summed E-state index contributed by atoms with van der Waals surface area (Å²) in [7, 11) is 0. The molecule has 4 nitrogen and oxygen atoms in total. The highest BCUT2D eigenvalue weighted by Gasteiger charge is 2.21. The highest BCUT2D eigenvalue weighted by molar-refractivity contribution is 6.24. The van der Waals surface area contributed by atoms with Gasteiger partial charge in [-0.2, -0.15) is 0 Å². The van der Waals surface area contributed by atoms with Gasteiger partial charge in [0.2, 0.25) is 0 Å². The number of para-hydroxylation sites is 8. The molecule has 0 saturated carbocycles. The van der Waals surface area contributed by atoms with Crippen LogP contribution in [-0.2, 0) is 0 Å². The molecule has 4 heterocycles. The molecule has 24 bridgehead atoms. The first-order valence-corrected chi connectivity index (χ1v) is 18.0. The van der Waals surface area contributed by atoms with Gasteiger partial charge >= 0.3 is 0 Å². The molecule has 0 radical (unpaired) electrons. The van der Waals surface area contributed by atoms with Crippen LogP contribution in [0.1, 0.15) is 0 Å². The second-order valence-corrected chi connectivity index (χ2v) is 14.3. The second-order valence-electron chi connectivity index (χ2n) is 14.3. The van der Waals surface area contributed by atoms with Crippen LogP contribution in [0.5, 0.6) is 0 Å². The van der Waals surface area contributed by atoms with Crippen LogP contribution in [0.3, 0.4) is 0 Å². The van der Waals surface area contributed by atoms with Gasteiger partial charge in [0.25, 0.3) is 0 Å². The molecule has 1 aliphatic rings. The van der Waals surface area contributed by atoms with Gasteiger partial charge in [-0.05, 0) is 0 Å². The van der Waals surface area contributed by atoms with Gasteiger partial charge < -0.3 is 19.9 Å². The summed E-state index contributed by atoms with van der Waals surface area (Å²) in [5, 5.41) is 9.79. The van der Waals surface area contributed by atoms with Crippen LogP contribution in [0, 0.1) is 0 Å². The minimum atomic E-state index is 1.15. The van der Waals surface area contributed by atoms with Crippen molar-refractivity contribution in [3.8, 4) is 44.5 Å². The topological polar surface area (TPSA) is 63.2 Å². The maximum atomic E-state index is 3.97. The van der Waals surface area contributed by atoms with E-state index in [1.807, 2.05) is 0 Å². The Labute approximate surface area is 296 Å². The van der Waals surface area contributed by atoms with Crippen molar-refractivity contribution in [1.29, 1.82) is 0 Å². The van der Waals surface area contributed by atoms with E-state index in [2.05, 4.69) is 166 Å². The third-order valence-electron chi connectivity index (χ3n) is 11.8. The van der Waals surface area contributed by atoms with Crippen LogP contribution in [0.2, 0.25) is 0 Å². The molecule has 1 aliphatic carbocycles. The van der Waals surface area contributed by atoms with Crippen LogP contribution >= 0.6 is 0 Å². The molecule has 4 heteroatoms. The molecule has 4 N–H and O–H groups in total. The smallest absolute Gasteiger partial charge is 0.0545 e. The molecule has 13 rings (SSSR count). The average Bonchev–Trinajstić information content (AvgIpc) is 3.97. The van der Waals surface area contributed by atoms with Gasteiger partial charge in [0.1, 0.15) is 0 Å². The number of H-pyrrole nitrogens is 4. The Bertz CT molecular complexity index is 2830. The number of rotatable bonds is 0. The number of aromatic amines is 4. The number of aromatic nitrogens is 4. The Balaban J connectivity index is 1.26. The molecule has 0 fully saturated rings. The van der Waals surface area contributed by atoms with E-state index in [9.17, 15) is 0 Å². The summed E-state index contributed by atoms with van der Waals surface area (Å²) in [4.78, 5) is 15.9. The molecule has 0 saturated heterocycles. The molecule has 4 aromatic heterocycles. The first kappa shape index (κ1) is 26.8. The molecule has 0 unspecified atom stereocenters. The Morgan fingerprint density at radius 2 is 0.308 bits per heavy atom. The minimum absolute atomic E-state index is 1.15. The standard InChI is InChI=1S/C48H28N4/c1-9-25-26-10-2-19-35-36-20-5-13-29-30-14-7-23-39(47(30)51-45(29)36)40-24-8-16-32-31-15-6-22-38(46(31)52-48(32)40)37-21-4-12-28-27-11-3-18-34(43(27)50-44(28)37)33(17-1)41(25)49-42(26)35/h1-24,49-52H. The first-order valence-electron chi connectivity index (χ1n) is 18.0. The summed E-state index contributed by atoms with van der Waals surface area (Å²) < 4.78 is 0. The van der Waals surface area contributed by atoms with E-state index in [0.717, 1.165) is 44.1 Å². The van der Waals surface area contributed by atoms with Crippen molar-refractivity contribution < 1.29 is 0 Å². The minimum Gasteiger partial charge on any atom is -0.353 e. The molecule has 240 valence electrons. The van der Waals surface area contributed by atoms with Crippen molar-refractivity contribution in [2.45, 2.75) is 0 Å². The number of hydrogen-bond acceptors (Lipinski definition) is 0. The fraction of sp³-hybridized carbons (Fsp3) is 0. The molecule has 0 aliphatic heterocycles. The van der Waals surface area contributed by atoms with Crippen molar-refractivity contribution in [3.63, 3.8) is 0 Å². The third kappa shape index (κ3) is 3.23. The summed E-state index contributed by atoms with van der Waals surface area (Å²) in [6, 6.07) is 53.7. The summed E-state index contributed by atoms with van der Waals surface area (Å²) in [5.41, 5.74) is 18.7. The molecule has 52 heavy (non-hydrogen) atoms. The number of hydrogen-bond donors (Lipinski definition) is 4. The number of nitrogens with one attached hydrogen (secondary N) is 4. The van der Waals surface area contributed by atoms with E-state index in [1.165, 1.54) is 87.6 Å². The lowest BCUT2D eigenvalue weighted by atomic mass is 9.97. The lowest BCUT2D eigenvalue weighted by Crippen LogP contribution is -1.85. The normalized spacial score (nSPS) is 12.6. The molecular formula is C48H28N4. The van der Waals surface area contributed by atoms with Gasteiger partial charge in [-0.1, -0.05) is 146 Å². The van der Waals surface area contributed by atoms with Crippen LogP contribution in [0.4, 0.5) is 0 Å². The fourth-order valence-electron chi connectivity index (χ4n) is 9.59. The lowest BCUT2D eigenvalue weighted by molar-refractivity contribution is 1.49. The second kappa shape index (κ2) is 9.39. The van der Waals surface area contributed by atoms with E-state index < -0.39 is 0 Å². The van der Waals surface area contributed by atoms with Gasteiger partial charge in [-0.3, -0.25) is 0 Å². The summed E-state index contributed by atoms with van der Waals surface area (Å²) in [5.74, 6) is 0. The maximum absolute atomic E-state index is 3.97. The zero-order chi connectivity index (χ0) is 33.7. The van der Waals surface area contributed by atoms with Crippen molar-refractivity contribution >= 4 is 87.2 Å². The van der Waals surface area contributed by atoms with E-state index in [4.69, 9.17) is 0 Å². The van der Waals surface area contributed by atoms with E-state index >= 15 is 0 Å². The predicted octanol–water partition coefficient (Wildman–Crippen LogP) is 13.2. The third-order valence-corrected chi connectivity index (χ3v) is 11.8. The van der Waals surface area contributed by atoms with Crippen molar-refractivity contribution in [2.24, 2.45) is 0 Å². The molecule has 8 aromatic carbocycles. The maximum Gasteiger partial charge on any atom is 0.0545 e. The largest absolute Gasteiger partial charge is 0.353 e. The average molecular weight is 661 g/mol. The zero-order valence-electron chi connectivity index (χ0n) is 27.9. The quantitative estimate of drug-likeness (QED) is 0.125. The van der Waals surface area contributed by atoms with Crippen molar-refractivity contribution in [2.75, 3.05) is 0 Å². The summed E-state index contributed by atoms with van der Waals surface area (Å²) in [6.45, 7) is 0. The van der Waals surface area contributed by atoms with Crippen molar-refractivity contribution in [3.05, 3.63) is 146 Å². The SMILES string of the molecule is c1cc2c3[nH]c4c(cccc4c3c1)-c1cccc3c1[nH]c1c(cccc13)-c1cccc3c1[nH]c1c(cccc13)-c1cccc3c1[nH]c1c-2cccc13.